The lowest BCUT2D eigenvalue weighted by molar-refractivity contribution is 0.630. The van der Waals surface area contributed by atoms with Crippen molar-refractivity contribution in [1.29, 1.82) is 0 Å². The molecular formula is C14H9FN2S. The first kappa shape index (κ1) is 11.0. The topological polar surface area (TPSA) is 25.8 Å². The van der Waals surface area contributed by atoms with Gasteiger partial charge in [0.05, 0.1) is 5.69 Å². The standard InChI is InChI=1S/C14H9FN2S/c15-12-5-2-1-4-10(12)14-11(8-16-9-17-14)13-6-3-7-18-13/h1-9H. The molecule has 88 valence electrons. The number of thiophene rings is 1. The van der Waals surface area contributed by atoms with Crippen LogP contribution >= 0.6 is 11.3 Å². The van der Waals surface area contributed by atoms with Crippen molar-refractivity contribution in [2.24, 2.45) is 0 Å². The molecule has 0 bridgehead atoms. The maximum Gasteiger partial charge on any atom is 0.132 e. The van der Waals surface area contributed by atoms with Gasteiger partial charge in [-0.1, -0.05) is 18.2 Å². The molecule has 0 aliphatic heterocycles. The number of nitrogens with zero attached hydrogens (tertiary/aromatic N) is 2. The van der Waals surface area contributed by atoms with E-state index < -0.39 is 0 Å². The molecule has 2 heterocycles. The first-order chi connectivity index (χ1) is 8.86. The van der Waals surface area contributed by atoms with E-state index in [1.54, 1.807) is 35.7 Å². The molecule has 18 heavy (non-hydrogen) atoms. The van der Waals surface area contributed by atoms with E-state index in [4.69, 9.17) is 0 Å². The first-order valence-electron chi connectivity index (χ1n) is 5.45. The zero-order chi connectivity index (χ0) is 12.4. The van der Waals surface area contributed by atoms with E-state index >= 15 is 0 Å². The van der Waals surface area contributed by atoms with Crippen LogP contribution < -0.4 is 0 Å². The van der Waals surface area contributed by atoms with Crippen LogP contribution in [-0.4, -0.2) is 9.97 Å². The molecule has 0 saturated heterocycles. The van der Waals surface area contributed by atoms with Crippen LogP contribution in [0.1, 0.15) is 0 Å². The number of benzene rings is 1. The molecule has 0 amide bonds. The zero-order valence-electron chi connectivity index (χ0n) is 9.38. The van der Waals surface area contributed by atoms with Gasteiger partial charge in [-0.3, -0.25) is 0 Å². The van der Waals surface area contributed by atoms with Crippen molar-refractivity contribution in [1.82, 2.24) is 9.97 Å². The highest BCUT2D eigenvalue weighted by Gasteiger charge is 2.12. The summed E-state index contributed by atoms with van der Waals surface area (Å²) in [5.41, 5.74) is 1.99. The van der Waals surface area contributed by atoms with Crippen molar-refractivity contribution < 1.29 is 4.39 Å². The largest absolute Gasteiger partial charge is 0.244 e. The molecule has 1 aromatic carbocycles. The summed E-state index contributed by atoms with van der Waals surface area (Å²) in [5, 5.41) is 1.98. The fourth-order valence-corrected chi connectivity index (χ4v) is 2.55. The van der Waals surface area contributed by atoms with Gasteiger partial charge in [0, 0.05) is 22.2 Å². The summed E-state index contributed by atoms with van der Waals surface area (Å²) in [6, 6.07) is 10.6. The van der Waals surface area contributed by atoms with E-state index in [9.17, 15) is 4.39 Å². The van der Waals surface area contributed by atoms with Gasteiger partial charge in [-0.15, -0.1) is 11.3 Å². The SMILES string of the molecule is Fc1ccccc1-c1ncncc1-c1cccs1. The molecule has 0 fully saturated rings. The summed E-state index contributed by atoms with van der Waals surface area (Å²) in [5.74, 6) is -0.269. The summed E-state index contributed by atoms with van der Waals surface area (Å²) < 4.78 is 13.8. The minimum absolute atomic E-state index is 0.269. The molecule has 4 heteroatoms. The minimum atomic E-state index is -0.269. The van der Waals surface area contributed by atoms with Crippen molar-refractivity contribution in [2.75, 3.05) is 0 Å². The van der Waals surface area contributed by atoms with Crippen LogP contribution in [0.3, 0.4) is 0 Å². The Bertz CT molecular complexity index is 665. The fourth-order valence-electron chi connectivity index (χ4n) is 1.81. The lowest BCUT2D eigenvalue weighted by Gasteiger charge is -2.07. The average molecular weight is 256 g/mol. The van der Waals surface area contributed by atoms with Gasteiger partial charge in [0.25, 0.3) is 0 Å². The van der Waals surface area contributed by atoms with Crippen molar-refractivity contribution in [3.8, 4) is 21.7 Å². The van der Waals surface area contributed by atoms with E-state index in [1.165, 1.54) is 12.4 Å². The van der Waals surface area contributed by atoms with Gasteiger partial charge in [-0.2, -0.15) is 0 Å². The van der Waals surface area contributed by atoms with Crippen molar-refractivity contribution >= 4 is 11.3 Å². The zero-order valence-corrected chi connectivity index (χ0v) is 10.2. The van der Waals surface area contributed by atoms with Crippen LogP contribution in [0, 0.1) is 5.82 Å². The molecule has 2 aromatic heterocycles. The molecule has 0 aliphatic carbocycles. The van der Waals surface area contributed by atoms with Gasteiger partial charge in [0.2, 0.25) is 0 Å². The molecule has 0 saturated carbocycles. The third-order valence-corrected chi connectivity index (χ3v) is 3.53. The number of halogens is 1. The van der Waals surface area contributed by atoms with Gasteiger partial charge in [0.1, 0.15) is 12.1 Å². The summed E-state index contributed by atoms with van der Waals surface area (Å²) in [7, 11) is 0. The Morgan fingerprint density at radius 2 is 1.89 bits per heavy atom. The van der Waals surface area contributed by atoms with E-state index in [0.717, 1.165) is 10.4 Å². The third-order valence-electron chi connectivity index (χ3n) is 2.63. The second kappa shape index (κ2) is 4.66. The Labute approximate surface area is 108 Å². The molecule has 0 radical (unpaired) electrons. The van der Waals surface area contributed by atoms with Crippen LogP contribution in [-0.2, 0) is 0 Å². The van der Waals surface area contributed by atoms with E-state index in [-0.39, 0.29) is 5.82 Å². The predicted molar refractivity (Wildman–Crippen MR) is 70.7 cm³/mol. The van der Waals surface area contributed by atoms with Crippen LogP contribution in [0.25, 0.3) is 21.7 Å². The van der Waals surface area contributed by atoms with Crippen LogP contribution in [0.5, 0.6) is 0 Å². The molecule has 0 spiro atoms. The molecule has 0 aliphatic rings. The lowest BCUT2D eigenvalue weighted by Crippen LogP contribution is -1.92. The molecule has 3 aromatic rings. The maximum atomic E-state index is 13.8. The quantitative estimate of drug-likeness (QED) is 0.692. The van der Waals surface area contributed by atoms with Gasteiger partial charge < -0.3 is 0 Å². The van der Waals surface area contributed by atoms with E-state index in [2.05, 4.69) is 9.97 Å². The summed E-state index contributed by atoms with van der Waals surface area (Å²) in [6.07, 6.45) is 3.17. The maximum absolute atomic E-state index is 13.8. The van der Waals surface area contributed by atoms with Crippen LogP contribution in [0.2, 0.25) is 0 Å². The molecule has 3 rings (SSSR count). The molecule has 0 unspecified atom stereocenters. The minimum Gasteiger partial charge on any atom is -0.244 e. The van der Waals surface area contributed by atoms with Crippen molar-refractivity contribution in [3.63, 3.8) is 0 Å². The summed E-state index contributed by atoms with van der Waals surface area (Å²) >= 11 is 1.59. The van der Waals surface area contributed by atoms with Crippen LogP contribution in [0.4, 0.5) is 4.39 Å². The molecule has 0 atom stereocenters. The lowest BCUT2D eigenvalue weighted by atomic mass is 10.1. The fraction of sp³-hybridized carbons (Fsp3) is 0. The van der Waals surface area contributed by atoms with Gasteiger partial charge in [-0.05, 0) is 23.6 Å². The Kier molecular flexibility index (Phi) is 2.86. The van der Waals surface area contributed by atoms with E-state index in [1.807, 2.05) is 17.5 Å². The third kappa shape index (κ3) is 1.91. The normalized spacial score (nSPS) is 10.5. The van der Waals surface area contributed by atoms with E-state index in [0.29, 0.717) is 11.3 Å². The highest BCUT2D eigenvalue weighted by atomic mass is 32.1. The molecular weight excluding hydrogens is 247 g/mol. The van der Waals surface area contributed by atoms with Crippen molar-refractivity contribution in [2.45, 2.75) is 0 Å². The average Bonchev–Trinajstić information content (AvgIpc) is 2.93. The summed E-state index contributed by atoms with van der Waals surface area (Å²) in [4.78, 5) is 9.29. The highest BCUT2D eigenvalue weighted by Crippen LogP contribution is 2.33. The van der Waals surface area contributed by atoms with Gasteiger partial charge in [0.15, 0.2) is 0 Å². The Balaban J connectivity index is 2.22. The second-order valence-corrected chi connectivity index (χ2v) is 4.69. The number of rotatable bonds is 2. The number of hydrogen-bond donors (Lipinski definition) is 0. The van der Waals surface area contributed by atoms with Gasteiger partial charge >= 0.3 is 0 Å². The Hall–Kier alpha value is -2.07. The smallest absolute Gasteiger partial charge is 0.132 e. The molecule has 0 N–H and O–H groups in total. The second-order valence-electron chi connectivity index (χ2n) is 3.74. The Morgan fingerprint density at radius 3 is 2.67 bits per heavy atom. The highest BCUT2D eigenvalue weighted by molar-refractivity contribution is 7.13. The van der Waals surface area contributed by atoms with Crippen molar-refractivity contribution in [3.05, 3.63) is 60.1 Å². The first-order valence-corrected chi connectivity index (χ1v) is 6.33. The predicted octanol–water partition coefficient (Wildman–Crippen LogP) is 4.01. The number of hydrogen-bond acceptors (Lipinski definition) is 3. The van der Waals surface area contributed by atoms with Crippen LogP contribution in [0.15, 0.2) is 54.3 Å². The monoisotopic (exact) mass is 256 g/mol. The van der Waals surface area contributed by atoms with Gasteiger partial charge in [-0.25, -0.2) is 14.4 Å². The summed E-state index contributed by atoms with van der Waals surface area (Å²) in [6.45, 7) is 0. The molecule has 2 nitrogen and oxygen atoms in total. The number of aromatic nitrogens is 2. The Morgan fingerprint density at radius 1 is 1.00 bits per heavy atom.